The summed E-state index contributed by atoms with van der Waals surface area (Å²) in [6, 6.07) is 10.6. The van der Waals surface area contributed by atoms with E-state index in [2.05, 4.69) is 25.5 Å². The molecular formula is C29H29ClN6O5. The fourth-order valence-electron chi connectivity index (χ4n) is 4.76. The Balaban J connectivity index is 1.39. The Hall–Kier alpha value is -4.51. The third-order valence-electron chi connectivity index (χ3n) is 7.13. The monoisotopic (exact) mass is 576 g/mol. The number of carbonyl (C=O) groups excluding carboxylic acids is 3. The minimum absolute atomic E-state index is 0.152. The summed E-state index contributed by atoms with van der Waals surface area (Å²) in [7, 11) is 0. The molecule has 1 aliphatic carbocycles. The fourth-order valence-corrected chi connectivity index (χ4v) is 4.88. The predicted octanol–water partition coefficient (Wildman–Crippen LogP) is 3.39. The number of aliphatic carboxylic acids is 1. The Kier molecular flexibility index (Phi) is 8.44. The van der Waals surface area contributed by atoms with Crippen LogP contribution in [0.15, 0.2) is 61.1 Å². The highest BCUT2D eigenvalue weighted by Crippen LogP contribution is 2.33. The summed E-state index contributed by atoms with van der Waals surface area (Å²) in [5, 5.41) is 15.3. The van der Waals surface area contributed by atoms with Crippen molar-refractivity contribution < 1.29 is 24.3 Å². The molecule has 2 aromatic heterocycles. The van der Waals surface area contributed by atoms with Gasteiger partial charge >= 0.3 is 5.97 Å². The van der Waals surface area contributed by atoms with Gasteiger partial charge in [-0.05, 0) is 54.8 Å². The number of carboxylic acid groups (broad SMARTS) is 1. The van der Waals surface area contributed by atoms with Crippen LogP contribution < -0.4 is 15.5 Å². The number of hydrogen-bond donors (Lipinski definition) is 3. The number of nitrogens with one attached hydrogen (secondary N) is 2. The van der Waals surface area contributed by atoms with Gasteiger partial charge in [-0.15, -0.1) is 0 Å². The Morgan fingerprint density at radius 1 is 0.976 bits per heavy atom. The SMILES string of the molecule is O=C(O)CC(NC(=O)c1ccc(N2CCN(C(=O)C3CC3)CC2)c(NC(=O)c2ccc(Cl)nc2)c1)c1cccnc1. The number of carbonyl (C=O) groups is 4. The van der Waals surface area contributed by atoms with Crippen molar-refractivity contribution in [2.75, 3.05) is 36.4 Å². The van der Waals surface area contributed by atoms with Gasteiger partial charge in [-0.2, -0.15) is 0 Å². The first-order valence-electron chi connectivity index (χ1n) is 13.3. The van der Waals surface area contributed by atoms with E-state index in [0.29, 0.717) is 43.1 Å². The third-order valence-corrected chi connectivity index (χ3v) is 7.35. The van der Waals surface area contributed by atoms with Crippen molar-refractivity contribution in [3.8, 4) is 0 Å². The first kappa shape index (κ1) is 28.0. The number of amides is 3. The van der Waals surface area contributed by atoms with E-state index in [1.807, 2.05) is 4.90 Å². The summed E-state index contributed by atoms with van der Waals surface area (Å²) in [5.41, 5.74) is 2.18. The molecule has 0 spiro atoms. The molecule has 212 valence electrons. The fraction of sp³-hybridized carbons (Fsp3) is 0.310. The van der Waals surface area contributed by atoms with Crippen LogP contribution in [0.1, 0.15) is 51.6 Å². The van der Waals surface area contributed by atoms with E-state index >= 15 is 0 Å². The molecule has 3 amide bonds. The van der Waals surface area contributed by atoms with E-state index in [1.54, 1.807) is 42.6 Å². The van der Waals surface area contributed by atoms with E-state index in [4.69, 9.17) is 11.6 Å². The minimum Gasteiger partial charge on any atom is -0.481 e. The number of piperazine rings is 1. The van der Waals surface area contributed by atoms with Crippen molar-refractivity contribution in [3.63, 3.8) is 0 Å². The molecule has 1 aliphatic heterocycles. The van der Waals surface area contributed by atoms with Gasteiger partial charge in [0.1, 0.15) is 5.15 Å². The number of nitrogens with zero attached hydrogens (tertiary/aromatic N) is 4. The standard InChI is InChI=1S/C29H29ClN6O5/c30-25-8-6-21(17-32-25)28(40)34-23-14-19(27(39)33-22(15-26(37)38)20-2-1-9-31-16-20)5-7-24(23)35-10-12-36(13-11-35)29(41)18-3-4-18/h1-2,5-9,14,16-18,22H,3-4,10-13,15H2,(H,33,39)(H,34,40)(H,37,38). The lowest BCUT2D eigenvalue weighted by atomic mass is 10.0. The summed E-state index contributed by atoms with van der Waals surface area (Å²) in [4.78, 5) is 62.4. The highest BCUT2D eigenvalue weighted by atomic mass is 35.5. The minimum atomic E-state index is -1.07. The van der Waals surface area contributed by atoms with Gasteiger partial charge in [0.05, 0.1) is 29.4 Å². The van der Waals surface area contributed by atoms with Crippen LogP contribution in [0, 0.1) is 5.92 Å². The first-order chi connectivity index (χ1) is 19.8. The van der Waals surface area contributed by atoms with Crippen molar-refractivity contribution >= 4 is 46.7 Å². The van der Waals surface area contributed by atoms with Crippen LogP contribution >= 0.6 is 11.6 Å². The van der Waals surface area contributed by atoms with Crippen LogP contribution in [0.25, 0.3) is 0 Å². The molecule has 2 fully saturated rings. The normalized spacial score (nSPS) is 15.6. The predicted molar refractivity (Wildman–Crippen MR) is 152 cm³/mol. The number of aromatic nitrogens is 2. The summed E-state index contributed by atoms with van der Waals surface area (Å²) in [5.74, 6) is -1.66. The van der Waals surface area contributed by atoms with Crippen LogP contribution in [0.3, 0.4) is 0 Å². The number of hydrogen-bond acceptors (Lipinski definition) is 7. The van der Waals surface area contributed by atoms with Crippen molar-refractivity contribution in [1.29, 1.82) is 0 Å². The van der Waals surface area contributed by atoms with Crippen molar-refractivity contribution in [2.24, 2.45) is 5.92 Å². The maximum atomic E-state index is 13.3. The summed E-state index contributed by atoms with van der Waals surface area (Å²) < 4.78 is 0. The molecule has 2 aliphatic rings. The van der Waals surface area contributed by atoms with Gasteiger partial charge in [0.2, 0.25) is 5.91 Å². The molecule has 0 bridgehead atoms. The number of halogens is 1. The zero-order chi connectivity index (χ0) is 28.9. The van der Waals surface area contributed by atoms with Crippen molar-refractivity contribution in [2.45, 2.75) is 25.3 Å². The summed E-state index contributed by atoms with van der Waals surface area (Å²) >= 11 is 5.87. The largest absolute Gasteiger partial charge is 0.481 e. The molecule has 1 atom stereocenters. The maximum absolute atomic E-state index is 13.3. The molecule has 3 N–H and O–H groups in total. The number of rotatable bonds is 9. The van der Waals surface area contributed by atoms with E-state index in [9.17, 15) is 24.3 Å². The van der Waals surface area contributed by atoms with Gasteiger partial charge < -0.3 is 25.5 Å². The van der Waals surface area contributed by atoms with Crippen LogP contribution in [-0.4, -0.2) is 69.8 Å². The molecular weight excluding hydrogens is 548 g/mol. The molecule has 1 saturated carbocycles. The van der Waals surface area contributed by atoms with Gasteiger partial charge in [-0.25, -0.2) is 4.98 Å². The lowest BCUT2D eigenvalue weighted by molar-refractivity contribution is -0.137. The summed E-state index contributed by atoms with van der Waals surface area (Å²) in [6.45, 7) is 2.26. The molecule has 1 unspecified atom stereocenters. The van der Waals surface area contributed by atoms with Gasteiger partial charge in [-0.3, -0.25) is 24.2 Å². The Labute approximate surface area is 241 Å². The van der Waals surface area contributed by atoms with Gasteiger partial charge in [0.25, 0.3) is 11.8 Å². The van der Waals surface area contributed by atoms with Crippen LogP contribution in [0.5, 0.6) is 0 Å². The Morgan fingerprint density at radius 2 is 1.73 bits per heavy atom. The highest BCUT2D eigenvalue weighted by molar-refractivity contribution is 6.29. The average molecular weight is 577 g/mol. The second-order valence-electron chi connectivity index (χ2n) is 10.1. The van der Waals surface area contributed by atoms with Crippen molar-refractivity contribution in [3.05, 3.63) is 82.9 Å². The first-order valence-corrected chi connectivity index (χ1v) is 13.7. The Bertz CT molecular complexity index is 1440. The third kappa shape index (κ3) is 6.98. The second-order valence-corrected chi connectivity index (χ2v) is 10.4. The van der Waals surface area contributed by atoms with Gasteiger partial charge in [0, 0.05) is 56.3 Å². The van der Waals surface area contributed by atoms with Gasteiger partial charge in [-0.1, -0.05) is 17.7 Å². The topological polar surface area (TPSA) is 145 Å². The van der Waals surface area contributed by atoms with Crippen LogP contribution in [-0.2, 0) is 9.59 Å². The van der Waals surface area contributed by atoms with Gasteiger partial charge in [0.15, 0.2) is 0 Å². The van der Waals surface area contributed by atoms with Crippen LogP contribution in [0.4, 0.5) is 11.4 Å². The lowest BCUT2D eigenvalue weighted by Gasteiger charge is -2.37. The Morgan fingerprint density at radius 3 is 2.37 bits per heavy atom. The number of carboxylic acids is 1. The molecule has 41 heavy (non-hydrogen) atoms. The van der Waals surface area contributed by atoms with E-state index in [1.165, 1.54) is 18.5 Å². The molecule has 1 aromatic carbocycles. The van der Waals surface area contributed by atoms with E-state index < -0.39 is 23.8 Å². The molecule has 12 heteroatoms. The van der Waals surface area contributed by atoms with Crippen LogP contribution in [0.2, 0.25) is 5.15 Å². The zero-order valence-corrected chi connectivity index (χ0v) is 22.9. The zero-order valence-electron chi connectivity index (χ0n) is 22.1. The molecule has 3 aromatic rings. The van der Waals surface area contributed by atoms with Crippen molar-refractivity contribution in [1.82, 2.24) is 20.2 Å². The highest BCUT2D eigenvalue weighted by Gasteiger charge is 2.35. The lowest BCUT2D eigenvalue weighted by Crippen LogP contribution is -2.49. The number of pyridine rings is 2. The average Bonchev–Trinajstić information content (AvgIpc) is 3.83. The second kappa shape index (κ2) is 12.3. The molecule has 0 radical (unpaired) electrons. The van der Waals surface area contributed by atoms with E-state index in [-0.39, 0.29) is 34.5 Å². The maximum Gasteiger partial charge on any atom is 0.305 e. The quantitative estimate of drug-likeness (QED) is 0.329. The molecule has 3 heterocycles. The van der Waals surface area contributed by atoms with E-state index in [0.717, 1.165) is 12.8 Å². The molecule has 1 saturated heterocycles. The smallest absolute Gasteiger partial charge is 0.305 e. The molecule has 11 nitrogen and oxygen atoms in total. The molecule has 5 rings (SSSR count). The number of anilines is 2. The number of benzene rings is 1. The summed E-state index contributed by atoms with van der Waals surface area (Å²) in [6.07, 6.45) is 6.01.